The summed E-state index contributed by atoms with van der Waals surface area (Å²) < 4.78 is 5.11. The van der Waals surface area contributed by atoms with Crippen LogP contribution in [0.15, 0.2) is 48.1 Å². The molecule has 0 aliphatic heterocycles. The van der Waals surface area contributed by atoms with E-state index in [1.54, 1.807) is 13.2 Å². The van der Waals surface area contributed by atoms with E-state index in [2.05, 4.69) is 0 Å². The molecule has 0 saturated heterocycles. The minimum atomic E-state index is -0.352. The molecule has 0 saturated carbocycles. The van der Waals surface area contributed by atoms with Crippen LogP contribution in [0.4, 0.5) is 0 Å². The summed E-state index contributed by atoms with van der Waals surface area (Å²) in [6, 6.07) is 7.73. The molecule has 17 heavy (non-hydrogen) atoms. The molecular formula is C14H15NO2. The molecule has 3 nitrogen and oxygen atoms in total. The molecule has 1 aliphatic rings. The molecule has 0 heterocycles. The Morgan fingerprint density at radius 3 is 2.65 bits per heavy atom. The molecule has 1 aromatic carbocycles. The van der Waals surface area contributed by atoms with Crippen LogP contribution in [0.2, 0.25) is 0 Å². The summed E-state index contributed by atoms with van der Waals surface area (Å²) in [5.41, 5.74) is 7.13. The van der Waals surface area contributed by atoms with E-state index < -0.39 is 0 Å². The van der Waals surface area contributed by atoms with Crippen LogP contribution in [0, 0.1) is 0 Å². The van der Waals surface area contributed by atoms with Crippen LogP contribution in [-0.2, 0) is 4.79 Å². The van der Waals surface area contributed by atoms with Gasteiger partial charge in [-0.3, -0.25) is 4.79 Å². The molecule has 0 fully saturated rings. The average molecular weight is 229 g/mol. The lowest BCUT2D eigenvalue weighted by atomic mass is 9.85. The smallest absolute Gasteiger partial charge is 0.245 e. The van der Waals surface area contributed by atoms with Crippen molar-refractivity contribution in [2.24, 2.45) is 5.73 Å². The first-order valence-electron chi connectivity index (χ1n) is 5.53. The fourth-order valence-electron chi connectivity index (χ4n) is 2.04. The number of carbonyl (C=O) groups is 1. The Balaban J connectivity index is 2.29. The molecule has 1 aliphatic carbocycles. The van der Waals surface area contributed by atoms with E-state index in [0.29, 0.717) is 5.57 Å². The van der Waals surface area contributed by atoms with Gasteiger partial charge in [-0.15, -0.1) is 0 Å². The number of primary amides is 1. The normalized spacial score (nSPS) is 18.6. The van der Waals surface area contributed by atoms with Crippen LogP contribution >= 0.6 is 0 Å². The number of benzene rings is 1. The van der Waals surface area contributed by atoms with Gasteiger partial charge in [0.15, 0.2) is 0 Å². The first-order chi connectivity index (χ1) is 8.22. The zero-order valence-corrected chi connectivity index (χ0v) is 9.72. The monoisotopic (exact) mass is 229 g/mol. The Morgan fingerprint density at radius 2 is 2.06 bits per heavy atom. The van der Waals surface area contributed by atoms with Crippen molar-refractivity contribution in [3.05, 3.63) is 53.6 Å². The van der Waals surface area contributed by atoms with E-state index in [0.717, 1.165) is 17.7 Å². The van der Waals surface area contributed by atoms with Gasteiger partial charge in [-0.2, -0.15) is 0 Å². The highest BCUT2D eigenvalue weighted by molar-refractivity contribution is 5.94. The number of amides is 1. The number of hydrogen-bond acceptors (Lipinski definition) is 2. The standard InChI is InChI=1S/C14H15NO2/c1-17-11-8-6-10(7-9-11)12-4-2-3-5-13(12)14(15)16/h2-3,5-9,12H,4H2,1H3,(H2,15,16)/t12-/m0/s1. The van der Waals surface area contributed by atoms with Crippen LogP contribution in [-0.4, -0.2) is 13.0 Å². The SMILES string of the molecule is COc1ccc([C@@H]2CC=CC=C2C(N)=O)cc1. The highest BCUT2D eigenvalue weighted by Gasteiger charge is 2.21. The third kappa shape index (κ3) is 2.38. The highest BCUT2D eigenvalue weighted by atomic mass is 16.5. The molecule has 0 aromatic heterocycles. The second-order valence-electron chi connectivity index (χ2n) is 3.98. The van der Waals surface area contributed by atoms with Crippen LogP contribution < -0.4 is 10.5 Å². The Hall–Kier alpha value is -2.03. The van der Waals surface area contributed by atoms with Crippen molar-refractivity contribution in [3.63, 3.8) is 0 Å². The number of methoxy groups -OCH3 is 1. The minimum absolute atomic E-state index is 0.0587. The molecule has 3 heteroatoms. The van der Waals surface area contributed by atoms with E-state index >= 15 is 0 Å². The Bertz CT molecular complexity index is 472. The average Bonchev–Trinajstić information content (AvgIpc) is 2.39. The third-order valence-electron chi connectivity index (χ3n) is 2.96. The van der Waals surface area contributed by atoms with Crippen LogP contribution in [0.1, 0.15) is 17.9 Å². The minimum Gasteiger partial charge on any atom is -0.497 e. The Morgan fingerprint density at radius 1 is 1.35 bits per heavy atom. The van der Waals surface area contributed by atoms with Crippen LogP contribution in [0.3, 0.4) is 0 Å². The molecule has 2 rings (SSSR count). The summed E-state index contributed by atoms with van der Waals surface area (Å²) >= 11 is 0. The predicted molar refractivity (Wildman–Crippen MR) is 66.8 cm³/mol. The predicted octanol–water partition coefficient (Wildman–Crippen LogP) is 2.15. The zero-order valence-electron chi connectivity index (χ0n) is 9.72. The van der Waals surface area contributed by atoms with Gasteiger partial charge in [0.1, 0.15) is 5.75 Å². The first-order valence-corrected chi connectivity index (χ1v) is 5.53. The lowest BCUT2D eigenvalue weighted by molar-refractivity contribution is -0.114. The van der Waals surface area contributed by atoms with Crippen molar-refractivity contribution in [1.29, 1.82) is 0 Å². The summed E-state index contributed by atoms with van der Waals surface area (Å²) in [6.07, 6.45) is 6.52. The summed E-state index contributed by atoms with van der Waals surface area (Å²) in [4.78, 5) is 11.4. The van der Waals surface area contributed by atoms with Gasteiger partial charge >= 0.3 is 0 Å². The number of hydrogen-bond donors (Lipinski definition) is 1. The van der Waals surface area contributed by atoms with Crippen molar-refractivity contribution in [3.8, 4) is 5.75 Å². The Kier molecular flexibility index (Phi) is 3.28. The molecule has 1 aromatic rings. The van der Waals surface area contributed by atoms with Crippen molar-refractivity contribution >= 4 is 5.91 Å². The summed E-state index contributed by atoms with van der Waals surface area (Å²) in [6.45, 7) is 0. The summed E-state index contributed by atoms with van der Waals surface area (Å²) in [5.74, 6) is 0.517. The number of allylic oxidation sites excluding steroid dienone is 3. The van der Waals surface area contributed by atoms with E-state index in [9.17, 15) is 4.79 Å². The van der Waals surface area contributed by atoms with Gasteiger partial charge in [0.25, 0.3) is 0 Å². The molecular weight excluding hydrogens is 214 g/mol. The number of ether oxygens (including phenoxy) is 1. The molecule has 0 bridgehead atoms. The molecule has 0 spiro atoms. The van der Waals surface area contributed by atoms with Gasteiger partial charge < -0.3 is 10.5 Å². The summed E-state index contributed by atoms with van der Waals surface area (Å²) in [7, 11) is 1.63. The maximum Gasteiger partial charge on any atom is 0.245 e. The third-order valence-corrected chi connectivity index (χ3v) is 2.96. The molecule has 1 amide bonds. The van der Waals surface area contributed by atoms with Crippen LogP contribution in [0.5, 0.6) is 5.75 Å². The van der Waals surface area contributed by atoms with Crippen LogP contribution in [0.25, 0.3) is 0 Å². The van der Waals surface area contributed by atoms with Crippen molar-refractivity contribution in [2.75, 3.05) is 7.11 Å². The van der Waals surface area contributed by atoms with Crippen molar-refractivity contribution in [1.82, 2.24) is 0 Å². The van der Waals surface area contributed by atoms with Gasteiger partial charge in [-0.25, -0.2) is 0 Å². The van der Waals surface area contributed by atoms with E-state index in [1.165, 1.54) is 0 Å². The fraction of sp³-hybridized carbons (Fsp3) is 0.214. The number of carbonyl (C=O) groups excluding carboxylic acids is 1. The van der Waals surface area contributed by atoms with Gasteiger partial charge in [0.05, 0.1) is 7.11 Å². The van der Waals surface area contributed by atoms with E-state index in [-0.39, 0.29) is 11.8 Å². The topological polar surface area (TPSA) is 52.3 Å². The van der Waals surface area contributed by atoms with Crippen molar-refractivity contribution in [2.45, 2.75) is 12.3 Å². The summed E-state index contributed by atoms with van der Waals surface area (Å²) in [5, 5.41) is 0. The first kappa shape index (κ1) is 11.5. The van der Waals surface area contributed by atoms with E-state index in [1.807, 2.05) is 36.4 Å². The number of nitrogens with two attached hydrogens (primary N) is 1. The largest absolute Gasteiger partial charge is 0.497 e. The van der Waals surface area contributed by atoms with Gasteiger partial charge in [0.2, 0.25) is 5.91 Å². The number of rotatable bonds is 3. The lowest BCUT2D eigenvalue weighted by Gasteiger charge is -2.19. The molecule has 1 atom stereocenters. The highest BCUT2D eigenvalue weighted by Crippen LogP contribution is 2.31. The maximum absolute atomic E-state index is 11.4. The second kappa shape index (κ2) is 4.87. The fourth-order valence-corrected chi connectivity index (χ4v) is 2.04. The molecule has 0 radical (unpaired) electrons. The van der Waals surface area contributed by atoms with E-state index in [4.69, 9.17) is 10.5 Å². The maximum atomic E-state index is 11.4. The lowest BCUT2D eigenvalue weighted by Crippen LogP contribution is -2.20. The Labute approximate surface area is 101 Å². The van der Waals surface area contributed by atoms with Gasteiger partial charge in [0, 0.05) is 11.5 Å². The quantitative estimate of drug-likeness (QED) is 0.863. The second-order valence-corrected chi connectivity index (χ2v) is 3.98. The van der Waals surface area contributed by atoms with Gasteiger partial charge in [-0.1, -0.05) is 30.4 Å². The molecule has 2 N–H and O–H groups in total. The molecule has 88 valence electrons. The zero-order chi connectivity index (χ0) is 12.3. The van der Waals surface area contributed by atoms with Gasteiger partial charge in [-0.05, 0) is 24.1 Å². The van der Waals surface area contributed by atoms with Crippen molar-refractivity contribution < 1.29 is 9.53 Å². The molecule has 0 unspecified atom stereocenters.